The van der Waals surface area contributed by atoms with Gasteiger partial charge in [0, 0.05) is 18.6 Å². The van der Waals surface area contributed by atoms with E-state index in [0.29, 0.717) is 12.1 Å². The van der Waals surface area contributed by atoms with Gasteiger partial charge in [-0.1, -0.05) is 37.6 Å². The minimum Gasteiger partial charge on any atom is -0.379 e. The Labute approximate surface area is 147 Å². The molecule has 4 heteroatoms. The summed E-state index contributed by atoms with van der Waals surface area (Å²) < 4.78 is 5.65. The van der Waals surface area contributed by atoms with Crippen LogP contribution in [0.1, 0.15) is 37.3 Å². The molecule has 1 saturated carbocycles. The molecule has 130 valence electrons. The Kier molecular flexibility index (Phi) is 7.84. The van der Waals surface area contributed by atoms with Gasteiger partial charge in [-0.2, -0.15) is 0 Å². The summed E-state index contributed by atoms with van der Waals surface area (Å²) in [5, 5.41) is 7.46. The second-order valence-corrected chi connectivity index (χ2v) is 6.71. The molecule has 1 aliphatic heterocycles. The van der Waals surface area contributed by atoms with Gasteiger partial charge in [-0.25, -0.2) is 0 Å². The highest BCUT2D eigenvalue weighted by Crippen LogP contribution is 2.29. The number of nitrogens with one attached hydrogen (secondary N) is 2. The predicted molar refractivity (Wildman–Crippen MR) is 98.5 cm³/mol. The van der Waals surface area contributed by atoms with E-state index in [-0.39, 0.29) is 12.4 Å². The molecule has 1 saturated heterocycles. The highest BCUT2D eigenvalue weighted by atomic mass is 35.5. The number of benzene rings is 1. The number of morpholine rings is 1. The maximum absolute atomic E-state index is 5.65. The van der Waals surface area contributed by atoms with E-state index in [4.69, 9.17) is 4.74 Å². The molecule has 3 atom stereocenters. The van der Waals surface area contributed by atoms with Crippen molar-refractivity contribution in [3.63, 3.8) is 0 Å². The monoisotopic (exact) mass is 338 g/mol. The van der Waals surface area contributed by atoms with Crippen molar-refractivity contribution in [3.8, 4) is 0 Å². The highest BCUT2D eigenvalue weighted by molar-refractivity contribution is 5.85. The van der Waals surface area contributed by atoms with Crippen LogP contribution in [-0.2, 0) is 17.6 Å². The first-order chi connectivity index (χ1) is 10.9. The second kappa shape index (κ2) is 9.63. The first-order valence-corrected chi connectivity index (χ1v) is 8.99. The summed E-state index contributed by atoms with van der Waals surface area (Å²) in [6, 6.07) is 10.3. The van der Waals surface area contributed by atoms with E-state index in [0.717, 1.165) is 45.1 Å². The molecule has 3 nitrogen and oxygen atoms in total. The predicted octanol–water partition coefficient (Wildman–Crippen LogP) is 2.96. The molecule has 2 aliphatic rings. The van der Waals surface area contributed by atoms with Gasteiger partial charge in [0.2, 0.25) is 0 Å². The molecule has 0 bridgehead atoms. The van der Waals surface area contributed by atoms with Crippen molar-refractivity contribution in [3.05, 3.63) is 35.4 Å². The quantitative estimate of drug-likeness (QED) is 0.836. The third-order valence-corrected chi connectivity index (χ3v) is 5.29. The van der Waals surface area contributed by atoms with Crippen LogP contribution in [0.3, 0.4) is 0 Å². The Hall–Kier alpha value is -0.610. The van der Waals surface area contributed by atoms with Crippen molar-refractivity contribution in [1.82, 2.24) is 10.6 Å². The van der Waals surface area contributed by atoms with E-state index in [1.165, 1.54) is 30.4 Å². The van der Waals surface area contributed by atoms with Gasteiger partial charge in [-0.3, -0.25) is 0 Å². The zero-order chi connectivity index (χ0) is 15.2. The van der Waals surface area contributed by atoms with E-state index in [2.05, 4.69) is 41.8 Å². The summed E-state index contributed by atoms with van der Waals surface area (Å²) in [6.07, 6.45) is 6.26. The number of hydrogen-bond acceptors (Lipinski definition) is 3. The lowest BCUT2D eigenvalue weighted by Crippen LogP contribution is -2.51. The molecule has 0 amide bonds. The fraction of sp³-hybridized carbons (Fsp3) is 0.684. The Morgan fingerprint density at radius 1 is 1.17 bits per heavy atom. The van der Waals surface area contributed by atoms with Crippen LogP contribution in [0.15, 0.2) is 24.3 Å². The van der Waals surface area contributed by atoms with Crippen molar-refractivity contribution in [1.29, 1.82) is 0 Å². The van der Waals surface area contributed by atoms with Crippen LogP contribution in [-0.4, -0.2) is 38.4 Å². The Morgan fingerprint density at radius 2 is 1.96 bits per heavy atom. The van der Waals surface area contributed by atoms with Crippen molar-refractivity contribution < 1.29 is 4.74 Å². The van der Waals surface area contributed by atoms with Gasteiger partial charge >= 0.3 is 0 Å². The van der Waals surface area contributed by atoms with Crippen LogP contribution in [0, 0.1) is 5.92 Å². The molecule has 2 N–H and O–H groups in total. The van der Waals surface area contributed by atoms with Crippen LogP contribution in [0.2, 0.25) is 0 Å². The van der Waals surface area contributed by atoms with Gasteiger partial charge in [0.05, 0.1) is 13.2 Å². The van der Waals surface area contributed by atoms with E-state index in [1.54, 1.807) is 0 Å². The average Bonchev–Trinajstić information content (AvgIpc) is 3.05. The maximum atomic E-state index is 5.65. The van der Waals surface area contributed by atoms with E-state index in [1.807, 2.05) is 0 Å². The third-order valence-electron chi connectivity index (χ3n) is 5.29. The molecule has 2 fully saturated rings. The number of aryl methyl sites for hydroxylation is 1. The minimum atomic E-state index is 0. The minimum absolute atomic E-state index is 0. The topological polar surface area (TPSA) is 33.3 Å². The summed E-state index contributed by atoms with van der Waals surface area (Å²) >= 11 is 0. The summed E-state index contributed by atoms with van der Waals surface area (Å²) in [5.41, 5.74) is 2.87. The van der Waals surface area contributed by atoms with Crippen LogP contribution in [0.25, 0.3) is 0 Å². The van der Waals surface area contributed by atoms with Crippen molar-refractivity contribution in [2.24, 2.45) is 5.92 Å². The summed E-state index contributed by atoms with van der Waals surface area (Å²) in [4.78, 5) is 0. The Morgan fingerprint density at radius 3 is 2.65 bits per heavy atom. The molecule has 0 radical (unpaired) electrons. The molecule has 3 rings (SSSR count). The van der Waals surface area contributed by atoms with Crippen LogP contribution < -0.4 is 10.6 Å². The second-order valence-electron chi connectivity index (χ2n) is 6.71. The molecule has 1 aromatic rings. The number of hydrogen-bond donors (Lipinski definition) is 2. The molecule has 1 aliphatic carbocycles. The number of rotatable bonds is 6. The normalized spacial score (nSPS) is 27.6. The van der Waals surface area contributed by atoms with Crippen molar-refractivity contribution in [2.45, 2.75) is 51.1 Å². The molecule has 3 unspecified atom stereocenters. The van der Waals surface area contributed by atoms with Gasteiger partial charge in [0.25, 0.3) is 0 Å². The summed E-state index contributed by atoms with van der Waals surface area (Å²) in [7, 11) is 0. The molecule has 1 aromatic carbocycles. The zero-order valence-corrected chi connectivity index (χ0v) is 15.0. The average molecular weight is 339 g/mol. The Bertz CT molecular complexity index is 445. The molecular formula is C19H31ClN2O. The lowest BCUT2D eigenvalue weighted by molar-refractivity contribution is 0.0526. The van der Waals surface area contributed by atoms with E-state index in [9.17, 15) is 0 Å². The fourth-order valence-corrected chi connectivity index (χ4v) is 3.93. The van der Waals surface area contributed by atoms with Crippen LogP contribution >= 0.6 is 12.4 Å². The van der Waals surface area contributed by atoms with E-state index >= 15 is 0 Å². The first-order valence-electron chi connectivity index (χ1n) is 8.99. The van der Waals surface area contributed by atoms with Crippen molar-refractivity contribution >= 4 is 12.4 Å². The van der Waals surface area contributed by atoms with Gasteiger partial charge in [0.1, 0.15) is 0 Å². The molecule has 23 heavy (non-hydrogen) atoms. The van der Waals surface area contributed by atoms with Crippen LogP contribution in [0.5, 0.6) is 0 Å². The maximum Gasteiger partial charge on any atom is 0.0623 e. The SMILES string of the molecule is CCc1ccc(CCNC2CCCC2C2COCCN2)cc1.Cl. The fourth-order valence-electron chi connectivity index (χ4n) is 3.93. The standard InChI is InChI=1S/C19H30N2O.ClH/c1-2-15-6-8-16(9-7-15)10-11-20-18-5-3-4-17(18)19-14-22-13-12-21-19;/h6-9,17-21H,2-5,10-14H2,1H3;1H. The highest BCUT2D eigenvalue weighted by Gasteiger charge is 2.34. The van der Waals surface area contributed by atoms with E-state index < -0.39 is 0 Å². The molecule has 0 spiro atoms. The summed E-state index contributed by atoms with van der Waals surface area (Å²) in [5.74, 6) is 0.739. The van der Waals surface area contributed by atoms with Crippen LogP contribution in [0.4, 0.5) is 0 Å². The molecule has 0 aromatic heterocycles. The number of ether oxygens (including phenoxy) is 1. The largest absolute Gasteiger partial charge is 0.379 e. The molecular weight excluding hydrogens is 308 g/mol. The lowest BCUT2D eigenvalue weighted by Gasteiger charge is -2.33. The van der Waals surface area contributed by atoms with Gasteiger partial charge in [0.15, 0.2) is 0 Å². The number of halogens is 1. The Balaban J connectivity index is 0.00000192. The molecule has 1 heterocycles. The first kappa shape index (κ1) is 18.7. The summed E-state index contributed by atoms with van der Waals surface area (Å²) in [6.45, 7) is 6.06. The van der Waals surface area contributed by atoms with Gasteiger partial charge in [-0.15, -0.1) is 12.4 Å². The third kappa shape index (κ3) is 5.18. The lowest BCUT2D eigenvalue weighted by atomic mass is 9.94. The van der Waals surface area contributed by atoms with Gasteiger partial charge in [-0.05, 0) is 49.3 Å². The smallest absolute Gasteiger partial charge is 0.0623 e. The van der Waals surface area contributed by atoms with Gasteiger partial charge < -0.3 is 15.4 Å². The zero-order valence-electron chi connectivity index (χ0n) is 14.2. The van der Waals surface area contributed by atoms with Crippen molar-refractivity contribution in [2.75, 3.05) is 26.3 Å².